The maximum Gasteiger partial charge on any atom is 0.216 e. The van der Waals surface area contributed by atoms with Gasteiger partial charge in [0.25, 0.3) is 0 Å². The second kappa shape index (κ2) is 13.4. The number of rotatable bonds is 5. The van der Waals surface area contributed by atoms with Crippen LogP contribution < -0.4 is 5.19 Å². The molecule has 0 N–H and O–H groups in total. The smallest absolute Gasteiger partial charge is 0.216 e. The minimum Gasteiger partial charge on any atom is -0.486 e. The minimum absolute atomic E-state index is 0. The number of fused-ring (bicyclic) bond motifs is 4. The molecule has 0 aliphatic carbocycles. The number of benzene rings is 2. The fraction of sp³-hybridized carbons (Fsp3) is 0.263. The van der Waals surface area contributed by atoms with Crippen LogP contribution in [-0.2, 0) is 33.6 Å². The van der Waals surface area contributed by atoms with Crippen LogP contribution in [0.2, 0.25) is 19.6 Å². The molecule has 0 aliphatic rings. The quantitative estimate of drug-likeness (QED) is 0.129. The van der Waals surface area contributed by atoms with Crippen molar-refractivity contribution in [3.63, 3.8) is 0 Å². The Labute approximate surface area is 285 Å². The number of hydrogen-bond donors (Lipinski definition) is 0. The van der Waals surface area contributed by atoms with Crippen molar-refractivity contribution in [1.29, 1.82) is 0 Å². The van der Waals surface area contributed by atoms with Crippen LogP contribution in [0.3, 0.4) is 0 Å². The number of hydrogen-bond acceptors (Lipinski definition) is 5. The molecule has 5 aromatic heterocycles. The third kappa shape index (κ3) is 6.90. The fourth-order valence-electron chi connectivity index (χ4n) is 5.69. The summed E-state index contributed by atoms with van der Waals surface area (Å²) < 4.78 is 7.87. The second-order valence-corrected chi connectivity index (χ2v) is 18.3. The molecule has 237 valence electrons. The third-order valence-electron chi connectivity index (χ3n) is 8.00. The zero-order valence-corrected chi connectivity index (χ0v) is 31.1. The summed E-state index contributed by atoms with van der Waals surface area (Å²) in [5.74, 6) is 1.52. The minimum atomic E-state index is -1.35. The molecule has 46 heavy (non-hydrogen) atoms. The van der Waals surface area contributed by atoms with Crippen LogP contribution in [-0.4, -0.2) is 32.6 Å². The Morgan fingerprint density at radius 1 is 0.891 bits per heavy atom. The zero-order valence-electron chi connectivity index (χ0n) is 27.7. The van der Waals surface area contributed by atoms with E-state index in [2.05, 4.69) is 93.0 Å². The predicted molar refractivity (Wildman–Crippen MR) is 187 cm³/mol. The fourth-order valence-corrected chi connectivity index (χ4v) is 7.28. The molecule has 0 spiro atoms. The standard InChI is InChI=1S/C19H13N4O.C19H26NSi.Ir/c1-11-3-5-13-14-9-12(4-6-17(14)24-19(13)21-11)18-22-15-7-8-20-10-16(15)23(18)2;1-14(2)11-17-12-18(16-9-7-15(3)8-10-16)20-13-19(17)21(4,5)6;/h3,5-10H,1-2H3;7-9,12-14H,11H2,1-6H3;/q2*-1;. The Balaban J connectivity index is 0.000000179. The Kier molecular flexibility index (Phi) is 9.73. The number of pyridine rings is 3. The van der Waals surface area contributed by atoms with Crippen molar-refractivity contribution in [3.05, 3.63) is 102 Å². The van der Waals surface area contributed by atoms with Crippen LogP contribution >= 0.6 is 0 Å². The van der Waals surface area contributed by atoms with Gasteiger partial charge in [0.05, 0.1) is 36.7 Å². The molecule has 0 saturated heterocycles. The van der Waals surface area contributed by atoms with Crippen molar-refractivity contribution in [2.75, 3.05) is 0 Å². The Morgan fingerprint density at radius 3 is 2.37 bits per heavy atom. The first kappa shape index (κ1) is 33.4. The molecule has 7 aromatic rings. The van der Waals surface area contributed by atoms with E-state index in [1.807, 2.05) is 55.1 Å². The molecule has 0 amide bonds. The molecule has 0 aliphatic heterocycles. The van der Waals surface area contributed by atoms with E-state index < -0.39 is 8.07 Å². The van der Waals surface area contributed by atoms with Crippen molar-refractivity contribution in [1.82, 2.24) is 24.5 Å². The molecular formula is C38H39IrN5OSi-2. The van der Waals surface area contributed by atoms with Crippen molar-refractivity contribution in [3.8, 4) is 22.6 Å². The van der Waals surface area contributed by atoms with Crippen molar-refractivity contribution >= 4 is 46.4 Å². The summed E-state index contributed by atoms with van der Waals surface area (Å²) in [7, 11) is 0.639. The summed E-state index contributed by atoms with van der Waals surface area (Å²) >= 11 is 0. The van der Waals surface area contributed by atoms with Gasteiger partial charge in [-0.15, -0.1) is 59.2 Å². The summed E-state index contributed by atoms with van der Waals surface area (Å²) in [5, 5.41) is 3.52. The van der Waals surface area contributed by atoms with Gasteiger partial charge in [-0.05, 0) is 48.3 Å². The summed E-state index contributed by atoms with van der Waals surface area (Å²) in [4.78, 5) is 18.1. The largest absolute Gasteiger partial charge is 0.486 e. The van der Waals surface area contributed by atoms with E-state index in [4.69, 9.17) is 14.4 Å². The van der Waals surface area contributed by atoms with E-state index in [1.165, 1.54) is 16.3 Å². The van der Waals surface area contributed by atoms with Crippen LogP contribution in [0.5, 0.6) is 0 Å². The molecule has 1 radical (unpaired) electrons. The van der Waals surface area contributed by atoms with E-state index in [9.17, 15) is 0 Å². The first-order valence-electron chi connectivity index (χ1n) is 15.4. The van der Waals surface area contributed by atoms with Crippen LogP contribution in [0, 0.1) is 31.9 Å². The third-order valence-corrected chi connectivity index (χ3v) is 10.1. The molecule has 7 rings (SSSR count). The first-order valence-corrected chi connectivity index (χ1v) is 18.9. The van der Waals surface area contributed by atoms with E-state index in [0.29, 0.717) is 11.6 Å². The van der Waals surface area contributed by atoms with E-state index in [1.54, 1.807) is 6.20 Å². The number of aromatic nitrogens is 5. The zero-order chi connectivity index (χ0) is 31.9. The summed E-state index contributed by atoms with van der Waals surface area (Å²) in [6.45, 7) is 15.8. The summed E-state index contributed by atoms with van der Waals surface area (Å²) in [6, 6.07) is 25.1. The van der Waals surface area contributed by atoms with Crippen molar-refractivity contribution < 1.29 is 24.5 Å². The Bertz CT molecular complexity index is 2140. The van der Waals surface area contributed by atoms with E-state index >= 15 is 0 Å². The van der Waals surface area contributed by atoms with Gasteiger partial charge in [0.15, 0.2) is 0 Å². The molecule has 0 unspecified atom stereocenters. The monoisotopic (exact) mass is 802 g/mol. The van der Waals surface area contributed by atoms with Crippen molar-refractivity contribution in [2.24, 2.45) is 13.0 Å². The van der Waals surface area contributed by atoms with Crippen LogP contribution in [0.25, 0.3) is 55.7 Å². The maximum atomic E-state index is 5.83. The van der Waals surface area contributed by atoms with Gasteiger partial charge in [-0.1, -0.05) is 57.4 Å². The molecule has 6 nitrogen and oxygen atoms in total. The molecule has 0 fully saturated rings. The molecule has 8 heteroatoms. The van der Waals surface area contributed by atoms with Gasteiger partial charge < -0.3 is 14.0 Å². The number of aryl methyl sites for hydroxylation is 3. The van der Waals surface area contributed by atoms with Crippen LogP contribution in [0.15, 0.2) is 77.6 Å². The molecule has 0 saturated carbocycles. The SMILES string of the molecule is Cc1c[c-]c(-c2cc(CC(C)C)c([Si](C)(C)C)cn2)cc1.Cc1ccc2c(n1)oc1c[c-]c(-c3nc4ccncc4n3C)cc12.[Ir]. The average molecular weight is 802 g/mol. The van der Waals surface area contributed by atoms with Crippen molar-refractivity contribution in [2.45, 2.75) is 53.8 Å². The molecule has 0 bridgehead atoms. The Morgan fingerprint density at radius 2 is 1.67 bits per heavy atom. The van der Waals surface area contributed by atoms with Gasteiger partial charge in [-0.2, -0.15) is 0 Å². The number of nitrogens with zero attached hydrogens (tertiary/aromatic N) is 5. The van der Waals surface area contributed by atoms with Crippen LogP contribution in [0.1, 0.15) is 30.7 Å². The topological polar surface area (TPSA) is 69.6 Å². The number of imidazole rings is 1. The molecule has 0 atom stereocenters. The van der Waals surface area contributed by atoms with Crippen LogP contribution in [0.4, 0.5) is 0 Å². The average Bonchev–Trinajstić information content (AvgIpc) is 3.53. The van der Waals surface area contributed by atoms with E-state index in [0.717, 1.165) is 62.1 Å². The van der Waals surface area contributed by atoms with Gasteiger partial charge in [-0.25, -0.2) is 4.98 Å². The van der Waals surface area contributed by atoms with Gasteiger partial charge >= 0.3 is 0 Å². The molecule has 2 aromatic carbocycles. The van der Waals surface area contributed by atoms with Gasteiger partial charge in [0.1, 0.15) is 0 Å². The van der Waals surface area contributed by atoms with Gasteiger partial charge in [-0.3, -0.25) is 9.97 Å². The van der Waals surface area contributed by atoms with Gasteiger partial charge in [0.2, 0.25) is 5.71 Å². The maximum absolute atomic E-state index is 5.83. The molecule has 5 heterocycles. The number of furan rings is 1. The van der Waals surface area contributed by atoms with E-state index in [-0.39, 0.29) is 20.1 Å². The Hall–Kier alpha value is -3.97. The summed E-state index contributed by atoms with van der Waals surface area (Å²) in [6.07, 6.45) is 6.82. The predicted octanol–water partition coefficient (Wildman–Crippen LogP) is 8.64. The normalized spacial score (nSPS) is 11.6. The van der Waals surface area contributed by atoms with Gasteiger partial charge in [0, 0.05) is 50.6 Å². The first-order chi connectivity index (χ1) is 21.5. The summed E-state index contributed by atoms with van der Waals surface area (Å²) in [5.41, 5.74) is 10.1. The second-order valence-electron chi connectivity index (χ2n) is 13.2. The molecular weight excluding hydrogens is 763 g/mol.